The van der Waals surface area contributed by atoms with Crippen LogP contribution in [0.5, 0.6) is 0 Å². The number of amides is 1. The predicted octanol–water partition coefficient (Wildman–Crippen LogP) is 2.37. The molecule has 1 fully saturated rings. The number of aliphatic hydroxyl groups is 1. The van der Waals surface area contributed by atoms with Crippen molar-refractivity contribution in [3.63, 3.8) is 0 Å². The van der Waals surface area contributed by atoms with Crippen LogP contribution in [0.15, 0.2) is 47.2 Å². The summed E-state index contributed by atoms with van der Waals surface area (Å²) in [5.74, 6) is 0.215. The highest BCUT2D eigenvalue weighted by Gasteiger charge is 2.34. The Balaban J connectivity index is 1.50. The molecule has 0 radical (unpaired) electrons. The molecule has 2 aromatic rings. The van der Waals surface area contributed by atoms with E-state index < -0.39 is 6.10 Å². The number of carbonyl (C=O) groups is 1. The second-order valence-corrected chi connectivity index (χ2v) is 5.35. The Bertz CT molecular complexity index is 600. The van der Waals surface area contributed by atoms with E-state index in [-0.39, 0.29) is 18.6 Å². The molecule has 2 unspecified atom stereocenters. The molecule has 116 valence electrons. The summed E-state index contributed by atoms with van der Waals surface area (Å²) >= 11 is 0. The molecule has 0 aliphatic carbocycles. The number of likely N-dealkylation sites (tertiary alicyclic amines) is 1. The number of aliphatic hydroxyl groups excluding tert-OH is 1. The van der Waals surface area contributed by atoms with Crippen molar-refractivity contribution >= 4 is 6.09 Å². The quantitative estimate of drug-likeness (QED) is 0.938. The Kier molecular flexibility index (Phi) is 4.39. The van der Waals surface area contributed by atoms with E-state index in [0.29, 0.717) is 25.4 Å². The first-order valence-electron chi connectivity index (χ1n) is 7.27. The lowest BCUT2D eigenvalue weighted by Gasteiger charge is -2.18. The fourth-order valence-corrected chi connectivity index (χ4v) is 2.60. The molecule has 1 aliphatic rings. The molecular weight excluding hydrogens is 284 g/mol. The van der Waals surface area contributed by atoms with Gasteiger partial charge in [0.25, 0.3) is 0 Å². The van der Waals surface area contributed by atoms with Gasteiger partial charge in [0.2, 0.25) is 5.89 Å². The van der Waals surface area contributed by atoms with Crippen molar-refractivity contribution in [3.8, 4) is 0 Å². The molecule has 1 amide bonds. The highest BCUT2D eigenvalue weighted by molar-refractivity contribution is 5.68. The molecule has 1 aromatic carbocycles. The van der Waals surface area contributed by atoms with Gasteiger partial charge in [-0.05, 0) is 12.0 Å². The Morgan fingerprint density at radius 2 is 2.27 bits per heavy atom. The minimum absolute atomic E-state index is 0.0806. The van der Waals surface area contributed by atoms with Crippen molar-refractivity contribution in [3.05, 3.63) is 54.2 Å². The van der Waals surface area contributed by atoms with E-state index in [4.69, 9.17) is 9.15 Å². The van der Waals surface area contributed by atoms with Gasteiger partial charge < -0.3 is 19.2 Å². The number of aromatic nitrogens is 1. The largest absolute Gasteiger partial charge is 0.446 e. The van der Waals surface area contributed by atoms with Crippen LogP contribution in [0.3, 0.4) is 0 Å². The number of carbonyl (C=O) groups excluding carboxylic acids is 1. The van der Waals surface area contributed by atoms with E-state index in [1.54, 1.807) is 4.90 Å². The summed E-state index contributed by atoms with van der Waals surface area (Å²) in [5.41, 5.74) is 0.950. The zero-order valence-corrected chi connectivity index (χ0v) is 12.1. The van der Waals surface area contributed by atoms with Crippen LogP contribution in [0.25, 0.3) is 0 Å². The molecule has 22 heavy (non-hydrogen) atoms. The number of rotatable bonds is 4. The van der Waals surface area contributed by atoms with Gasteiger partial charge in [0, 0.05) is 19.0 Å². The van der Waals surface area contributed by atoms with E-state index in [1.807, 2.05) is 30.3 Å². The molecule has 0 bridgehead atoms. The number of nitrogens with zero attached hydrogens (tertiary/aromatic N) is 2. The standard InChI is InChI=1S/C16H18N2O4/c19-14(15-17-7-9-21-15)13-6-8-18(10-13)16(20)22-11-12-4-2-1-3-5-12/h1-5,7,9,13-14,19H,6,8,10-11H2. The maximum absolute atomic E-state index is 12.1. The molecule has 2 atom stereocenters. The first kappa shape index (κ1) is 14.6. The monoisotopic (exact) mass is 302 g/mol. The summed E-state index contributed by atoms with van der Waals surface area (Å²) in [6.07, 6.45) is 2.48. The number of ether oxygens (including phenoxy) is 1. The number of benzene rings is 1. The SMILES string of the molecule is O=C(OCc1ccccc1)N1CCC(C(O)c2ncco2)C1. The molecule has 3 rings (SSSR count). The Morgan fingerprint density at radius 3 is 3.00 bits per heavy atom. The van der Waals surface area contributed by atoms with Crippen LogP contribution in [0.1, 0.15) is 24.0 Å². The molecule has 0 saturated carbocycles. The van der Waals surface area contributed by atoms with Gasteiger partial charge in [0.05, 0.1) is 6.20 Å². The van der Waals surface area contributed by atoms with Gasteiger partial charge in [0.15, 0.2) is 0 Å². The third kappa shape index (κ3) is 3.28. The normalized spacial score (nSPS) is 19.1. The third-order valence-electron chi connectivity index (χ3n) is 3.84. The van der Waals surface area contributed by atoms with Crippen LogP contribution in [-0.4, -0.2) is 34.2 Å². The van der Waals surface area contributed by atoms with E-state index >= 15 is 0 Å². The van der Waals surface area contributed by atoms with Gasteiger partial charge >= 0.3 is 6.09 Å². The fourth-order valence-electron chi connectivity index (χ4n) is 2.60. The lowest BCUT2D eigenvalue weighted by atomic mass is 10.0. The summed E-state index contributed by atoms with van der Waals surface area (Å²) in [6, 6.07) is 9.54. The van der Waals surface area contributed by atoms with Crippen LogP contribution in [0, 0.1) is 5.92 Å². The highest BCUT2D eigenvalue weighted by Crippen LogP contribution is 2.29. The van der Waals surface area contributed by atoms with Crippen molar-refractivity contribution < 1.29 is 19.1 Å². The van der Waals surface area contributed by atoms with Crippen LogP contribution in [0.2, 0.25) is 0 Å². The zero-order chi connectivity index (χ0) is 15.4. The van der Waals surface area contributed by atoms with Crippen molar-refractivity contribution in [1.29, 1.82) is 0 Å². The van der Waals surface area contributed by atoms with Crippen molar-refractivity contribution in [2.45, 2.75) is 19.1 Å². The minimum atomic E-state index is -0.790. The van der Waals surface area contributed by atoms with Gasteiger partial charge in [-0.25, -0.2) is 9.78 Å². The average Bonchev–Trinajstić information content (AvgIpc) is 3.24. The molecule has 1 aliphatic heterocycles. The van der Waals surface area contributed by atoms with Gasteiger partial charge in [-0.2, -0.15) is 0 Å². The average molecular weight is 302 g/mol. The van der Waals surface area contributed by atoms with Crippen LogP contribution in [0.4, 0.5) is 4.79 Å². The second-order valence-electron chi connectivity index (χ2n) is 5.35. The first-order valence-corrected chi connectivity index (χ1v) is 7.27. The Morgan fingerprint density at radius 1 is 1.45 bits per heavy atom. The molecule has 1 N–H and O–H groups in total. The summed E-state index contributed by atoms with van der Waals surface area (Å²) < 4.78 is 10.4. The summed E-state index contributed by atoms with van der Waals surface area (Å²) in [6.45, 7) is 1.26. The first-order chi connectivity index (χ1) is 10.7. The van der Waals surface area contributed by atoms with E-state index in [9.17, 15) is 9.90 Å². The van der Waals surface area contributed by atoms with Crippen molar-refractivity contribution in [1.82, 2.24) is 9.88 Å². The summed E-state index contributed by atoms with van der Waals surface area (Å²) in [7, 11) is 0. The van der Waals surface area contributed by atoms with Crippen LogP contribution < -0.4 is 0 Å². The van der Waals surface area contributed by atoms with E-state index in [1.165, 1.54) is 12.5 Å². The number of hydrogen-bond acceptors (Lipinski definition) is 5. The molecule has 1 aromatic heterocycles. The minimum Gasteiger partial charge on any atom is -0.446 e. The zero-order valence-electron chi connectivity index (χ0n) is 12.1. The summed E-state index contributed by atoms with van der Waals surface area (Å²) in [4.78, 5) is 17.6. The molecule has 0 spiro atoms. The highest BCUT2D eigenvalue weighted by atomic mass is 16.6. The van der Waals surface area contributed by atoms with Crippen LogP contribution >= 0.6 is 0 Å². The maximum atomic E-state index is 12.1. The molecule has 6 heteroatoms. The maximum Gasteiger partial charge on any atom is 0.410 e. The molecule has 6 nitrogen and oxygen atoms in total. The Labute approximate surface area is 128 Å². The topological polar surface area (TPSA) is 75.8 Å². The fraction of sp³-hybridized carbons (Fsp3) is 0.375. The van der Waals surface area contributed by atoms with Crippen molar-refractivity contribution in [2.75, 3.05) is 13.1 Å². The third-order valence-corrected chi connectivity index (χ3v) is 3.84. The van der Waals surface area contributed by atoms with Gasteiger partial charge in [-0.3, -0.25) is 0 Å². The predicted molar refractivity (Wildman–Crippen MR) is 77.8 cm³/mol. The van der Waals surface area contributed by atoms with E-state index in [0.717, 1.165) is 5.56 Å². The molecule has 2 heterocycles. The van der Waals surface area contributed by atoms with Gasteiger partial charge in [-0.1, -0.05) is 30.3 Å². The van der Waals surface area contributed by atoms with E-state index in [2.05, 4.69) is 4.98 Å². The van der Waals surface area contributed by atoms with Gasteiger partial charge in [0.1, 0.15) is 19.0 Å². The number of hydrogen-bond donors (Lipinski definition) is 1. The number of oxazole rings is 1. The Hall–Kier alpha value is -2.34. The lowest BCUT2D eigenvalue weighted by Crippen LogP contribution is -2.30. The molecular formula is C16H18N2O4. The smallest absolute Gasteiger partial charge is 0.410 e. The van der Waals surface area contributed by atoms with Crippen LogP contribution in [-0.2, 0) is 11.3 Å². The lowest BCUT2D eigenvalue weighted by molar-refractivity contribution is 0.0755. The molecule has 1 saturated heterocycles. The second kappa shape index (κ2) is 6.62. The van der Waals surface area contributed by atoms with Crippen molar-refractivity contribution in [2.24, 2.45) is 5.92 Å². The van der Waals surface area contributed by atoms with Gasteiger partial charge in [-0.15, -0.1) is 0 Å². The summed E-state index contributed by atoms with van der Waals surface area (Å²) in [5, 5.41) is 10.2.